The molecule has 3 nitrogen and oxygen atoms in total. The number of hydrogen-bond donors (Lipinski definition) is 2. The van der Waals surface area contributed by atoms with Gasteiger partial charge in [0.15, 0.2) is 0 Å². The topological polar surface area (TPSA) is 37.8 Å². The molecule has 0 atom stereocenters. The van der Waals surface area contributed by atoms with E-state index in [1.165, 1.54) is 0 Å². The number of nitrogens with zero attached hydrogens (tertiary/aromatic N) is 2. The van der Waals surface area contributed by atoms with Crippen molar-refractivity contribution < 1.29 is 0 Å². The van der Waals surface area contributed by atoms with Gasteiger partial charge in [0.05, 0.1) is 11.0 Å². The lowest BCUT2D eigenvalue weighted by atomic mass is 10.2. The maximum absolute atomic E-state index is 4.21. The van der Waals surface area contributed by atoms with Crippen LogP contribution in [0, 0.1) is 0 Å². The average Bonchev–Trinajstić information content (AvgIpc) is 2.18. The third-order valence-corrected chi connectivity index (χ3v) is 1.98. The highest BCUT2D eigenvalue weighted by Gasteiger charge is 1.96. The highest BCUT2D eigenvalue weighted by molar-refractivity contribution is 7.78. The van der Waals surface area contributed by atoms with Gasteiger partial charge in [-0.1, -0.05) is 18.9 Å². The van der Waals surface area contributed by atoms with Gasteiger partial charge < -0.3 is 0 Å². The number of hydrogen-bond acceptors (Lipinski definition) is 4. The van der Waals surface area contributed by atoms with Gasteiger partial charge in [0.25, 0.3) is 0 Å². The summed E-state index contributed by atoms with van der Waals surface area (Å²) in [6.07, 6.45) is 3.39. The van der Waals surface area contributed by atoms with Crippen LogP contribution in [0.2, 0.25) is 0 Å². The van der Waals surface area contributed by atoms with Gasteiger partial charge in [0, 0.05) is 18.9 Å². The second kappa shape index (κ2) is 3.72. The molecule has 0 spiro atoms. The molecule has 0 bridgehead atoms. The SMILES string of the molecule is SNCc1ccc2nccnc2c1. The van der Waals surface area contributed by atoms with Gasteiger partial charge in [0.2, 0.25) is 0 Å². The van der Waals surface area contributed by atoms with Crippen molar-refractivity contribution in [1.29, 1.82) is 0 Å². The molecule has 1 aromatic heterocycles. The summed E-state index contributed by atoms with van der Waals surface area (Å²) < 4.78 is 2.79. The summed E-state index contributed by atoms with van der Waals surface area (Å²) in [5.41, 5.74) is 3.00. The summed E-state index contributed by atoms with van der Waals surface area (Å²) in [6, 6.07) is 5.98. The summed E-state index contributed by atoms with van der Waals surface area (Å²) in [7, 11) is 0. The second-order valence-corrected chi connectivity index (χ2v) is 3.03. The van der Waals surface area contributed by atoms with E-state index in [4.69, 9.17) is 0 Å². The quantitative estimate of drug-likeness (QED) is 0.707. The average molecular weight is 191 g/mol. The number of rotatable bonds is 2. The van der Waals surface area contributed by atoms with Crippen molar-refractivity contribution in [2.75, 3.05) is 0 Å². The van der Waals surface area contributed by atoms with E-state index in [1.807, 2.05) is 18.2 Å². The van der Waals surface area contributed by atoms with E-state index >= 15 is 0 Å². The molecular weight excluding hydrogens is 182 g/mol. The Bertz CT molecular complexity index is 416. The van der Waals surface area contributed by atoms with Gasteiger partial charge in [-0.05, 0) is 17.7 Å². The second-order valence-electron chi connectivity index (χ2n) is 2.71. The number of thiol groups is 1. The molecule has 0 aliphatic rings. The van der Waals surface area contributed by atoms with Gasteiger partial charge in [0.1, 0.15) is 0 Å². The number of benzene rings is 1. The lowest BCUT2D eigenvalue weighted by molar-refractivity contribution is 0.986. The predicted molar refractivity (Wildman–Crippen MR) is 55.4 cm³/mol. The third kappa shape index (κ3) is 1.79. The zero-order valence-corrected chi connectivity index (χ0v) is 7.83. The van der Waals surface area contributed by atoms with Crippen LogP contribution in [-0.2, 0) is 6.54 Å². The molecule has 1 heterocycles. The van der Waals surface area contributed by atoms with Crippen LogP contribution in [0.15, 0.2) is 30.6 Å². The van der Waals surface area contributed by atoms with Crippen LogP contribution < -0.4 is 4.72 Å². The molecular formula is C9H9N3S. The molecule has 13 heavy (non-hydrogen) atoms. The largest absolute Gasteiger partial charge is 0.262 e. The molecule has 0 radical (unpaired) electrons. The van der Waals surface area contributed by atoms with E-state index in [9.17, 15) is 0 Å². The van der Waals surface area contributed by atoms with E-state index in [1.54, 1.807) is 12.4 Å². The first-order valence-electron chi connectivity index (χ1n) is 3.97. The Hall–Kier alpha value is -1.13. The Kier molecular flexibility index (Phi) is 2.42. The van der Waals surface area contributed by atoms with Crippen molar-refractivity contribution >= 4 is 23.8 Å². The Labute approximate surface area is 81.8 Å². The molecule has 0 fully saturated rings. The number of nitrogens with one attached hydrogen (secondary N) is 1. The molecule has 0 aliphatic carbocycles. The molecule has 2 aromatic rings. The standard InChI is InChI=1S/C9H9N3S/c13-12-6-7-1-2-8-9(5-7)11-4-3-10-8/h1-5,12-13H,6H2. The normalized spacial score (nSPS) is 10.5. The first-order valence-corrected chi connectivity index (χ1v) is 4.41. The summed E-state index contributed by atoms with van der Waals surface area (Å²) in [6.45, 7) is 0.732. The molecule has 2 rings (SSSR count). The number of aromatic nitrogens is 2. The van der Waals surface area contributed by atoms with Crippen molar-refractivity contribution in [2.45, 2.75) is 6.54 Å². The van der Waals surface area contributed by atoms with E-state index in [0.717, 1.165) is 23.1 Å². The molecule has 0 aliphatic heterocycles. The van der Waals surface area contributed by atoms with Crippen molar-refractivity contribution in [3.63, 3.8) is 0 Å². The van der Waals surface area contributed by atoms with E-state index in [2.05, 4.69) is 27.5 Å². The Morgan fingerprint density at radius 2 is 1.92 bits per heavy atom. The molecule has 0 unspecified atom stereocenters. The van der Waals surface area contributed by atoms with Gasteiger partial charge in [-0.15, -0.1) is 0 Å². The maximum Gasteiger partial charge on any atom is 0.0890 e. The molecule has 4 heteroatoms. The highest BCUT2D eigenvalue weighted by Crippen LogP contribution is 2.10. The monoisotopic (exact) mass is 191 g/mol. The fourth-order valence-electron chi connectivity index (χ4n) is 1.21. The maximum atomic E-state index is 4.21. The van der Waals surface area contributed by atoms with Crippen LogP contribution in [0.3, 0.4) is 0 Å². The lowest BCUT2D eigenvalue weighted by Crippen LogP contribution is -1.98. The summed E-state index contributed by atoms with van der Waals surface area (Å²) >= 11 is 3.94. The van der Waals surface area contributed by atoms with Crippen molar-refractivity contribution in [3.8, 4) is 0 Å². The van der Waals surface area contributed by atoms with Crippen LogP contribution in [0.25, 0.3) is 11.0 Å². The highest BCUT2D eigenvalue weighted by atomic mass is 32.1. The van der Waals surface area contributed by atoms with Crippen LogP contribution in [-0.4, -0.2) is 9.97 Å². The molecule has 0 saturated carbocycles. The van der Waals surface area contributed by atoms with Crippen molar-refractivity contribution in [3.05, 3.63) is 36.2 Å². The first kappa shape index (κ1) is 8.47. The van der Waals surface area contributed by atoms with Gasteiger partial charge >= 0.3 is 0 Å². The van der Waals surface area contributed by atoms with Crippen molar-refractivity contribution in [1.82, 2.24) is 14.7 Å². The Morgan fingerprint density at radius 1 is 1.15 bits per heavy atom. The summed E-state index contributed by atoms with van der Waals surface area (Å²) in [5.74, 6) is 0. The van der Waals surface area contributed by atoms with E-state index in [0.29, 0.717) is 0 Å². The predicted octanol–water partition coefficient (Wildman–Crippen LogP) is 1.56. The zero-order valence-electron chi connectivity index (χ0n) is 6.94. The first-order chi connectivity index (χ1) is 6.40. The number of fused-ring (bicyclic) bond motifs is 1. The van der Waals surface area contributed by atoms with Gasteiger partial charge in [-0.3, -0.25) is 14.7 Å². The summed E-state index contributed by atoms with van der Waals surface area (Å²) in [5, 5.41) is 0. The van der Waals surface area contributed by atoms with Crippen molar-refractivity contribution in [2.24, 2.45) is 0 Å². The molecule has 66 valence electrons. The Morgan fingerprint density at radius 3 is 2.69 bits per heavy atom. The fourth-order valence-corrected chi connectivity index (χ4v) is 1.39. The van der Waals surface area contributed by atoms with Crippen LogP contribution in [0.4, 0.5) is 0 Å². The van der Waals surface area contributed by atoms with Crippen LogP contribution >= 0.6 is 12.8 Å². The molecule has 1 N–H and O–H groups in total. The third-order valence-electron chi connectivity index (χ3n) is 1.82. The van der Waals surface area contributed by atoms with Crippen LogP contribution in [0.5, 0.6) is 0 Å². The minimum absolute atomic E-state index is 0.732. The summed E-state index contributed by atoms with van der Waals surface area (Å²) in [4.78, 5) is 8.39. The smallest absolute Gasteiger partial charge is 0.0890 e. The van der Waals surface area contributed by atoms with Gasteiger partial charge in [-0.25, -0.2) is 0 Å². The Balaban J connectivity index is 2.49. The molecule has 0 saturated heterocycles. The molecule has 0 amide bonds. The lowest BCUT2D eigenvalue weighted by Gasteiger charge is -2.00. The minimum Gasteiger partial charge on any atom is -0.262 e. The van der Waals surface area contributed by atoms with Gasteiger partial charge in [-0.2, -0.15) is 0 Å². The van der Waals surface area contributed by atoms with Crippen LogP contribution in [0.1, 0.15) is 5.56 Å². The van der Waals surface area contributed by atoms with E-state index in [-0.39, 0.29) is 0 Å². The van der Waals surface area contributed by atoms with E-state index < -0.39 is 0 Å². The minimum atomic E-state index is 0.732. The zero-order chi connectivity index (χ0) is 9.10. The fraction of sp³-hybridized carbons (Fsp3) is 0.111. The molecule has 1 aromatic carbocycles.